The maximum Gasteiger partial charge on any atom is 0.341 e. The van der Waals surface area contributed by atoms with Crippen molar-refractivity contribution in [2.24, 2.45) is 0 Å². The molecule has 0 saturated heterocycles. The Labute approximate surface area is 215 Å². The minimum atomic E-state index is -1.04. The van der Waals surface area contributed by atoms with E-state index in [4.69, 9.17) is 14.6 Å². The third kappa shape index (κ3) is 5.84. The van der Waals surface area contributed by atoms with Crippen LogP contribution in [0.4, 0.5) is 15.8 Å². The molecule has 0 saturated carbocycles. The van der Waals surface area contributed by atoms with Gasteiger partial charge >= 0.3 is 5.97 Å². The Kier molecular flexibility index (Phi) is 7.51. The molecule has 1 aliphatic heterocycles. The zero-order valence-corrected chi connectivity index (χ0v) is 20.4. The maximum absolute atomic E-state index is 14.7. The standard InChI is InChI=1S/C30H29FN2O4/c31-27-12-5-13-28-30(27)37-25(19-33(28)23-9-4-10-24(18-23)36-20-29(34)35)15-17-32-16-14-22-8-3-7-21-6-1-2-11-26(21)22/h1-13,18,25,32H,14-17,19-20H2,(H,34,35)/t25-/m1/s1. The Bertz CT molecular complexity index is 1390. The first kappa shape index (κ1) is 24.6. The number of carboxylic acid groups (broad SMARTS) is 1. The van der Waals surface area contributed by atoms with Crippen LogP contribution < -0.4 is 19.7 Å². The predicted octanol–water partition coefficient (Wildman–Crippen LogP) is 5.56. The number of hydrogen-bond acceptors (Lipinski definition) is 5. The quantitative estimate of drug-likeness (QED) is 0.278. The van der Waals surface area contributed by atoms with E-state index < -0.39 is 18.4 Å². The van der Waals surface area contributed by atoms with E-state index in [0.29, 0.717) is 24.4 Å². The zero-order chi connectivity index (χ0) is 25.6. The van der Waals surface area contributed by atoms with Gasteiger partial charge in [0.1, 0.15) is 11.9 Å². The van der Waals surface area contributed by atoms with E-state index in [1.165, 1.54) is 22.4 Å². The second-order valence-electron chi connectivity index (χ2n) is 9.05. The van der Waals surface area contributed by atoms with Crippen LogP contribution in [0.1, 0.15) is 12.0 Å². The van der Waals surface area contributed by atoms with E-state index in [9.17, 15) is 9.18 Å². The molecule has 0 fully saturated rings. The molecule has 0 amide bonds. The molecule has 0 aliphatic carbocycles. The van der Waals surface area contributed by atoms with Crippen molar-refractivity contribution in [3.05, 3.63) is 96.3 Å². The van der Waals surface area contributed by atoms with Crippen molar-refractivity contribution in [3.63, 3.8) is 0 Å². The number of ether oxygens (including phenoxy) is 2. The van der Waals surface area contributed by atoms with Gasteiger partial charge in [0.05, 0.1) is 12.2 Å². The second kappa shape index (κ2) is 11.3. The van der Waals surface area contributed by atoms with Gasteiger partial charge < -0.3 is 24.8 Å². The van der Waals surface area contributed by atoms with Crippen LogP contribution in [0.2, 0.25) is 0 Å². The highest BCUT2D eigenvalue weighted by molar-refractivity contribution is 5.85. The summed E-state index contributed by atoms with van der Waals surface area (Å²) in [5.41, 5.74) is 2.73. The van der Waals surface area contributed by atoms with Gasteiger partial charge in [0.25, 0.3) is 0 Å². The summed E-state index contributed by atoms with van der Waals surface area (Å²) in [5.74, 6) is -0.783. The second-order valence-corrected chi connectivity index (χ2v) is 9.05. The number of fused-ring (bicyclic) bond motifs is 2. The van der Waals surface area contributed by atoms with Crippen LogP contribution in [0.5, 0.6) is 11.5 Å². The van der Waals surface area contributed by atoms with Crippen LogP contribution in [0.15, 0.2) is 84.9 Å². The van der Waals surface area contributed by atoms with Crippen LogP contribution in [-0.4, -0.2) is 43.4 Å². The number of anilines is 2. The van der Waals surface area contributed by atoms with Crippen molar-refractivity contribution < 1.29 is 23.8 Å². The molecule has 4 aromatic rings. The number of nitrogens with zero attached hydrogens (tertiary/aromatic N) is 1. The molecule has 5 rings (SSSR count). The zero-order valence-electron chi connectivity index (χ0n) is 20.4. The number of rotatable bonds is 10. The molecule has 1 aliphatic rings. The van der Waals surface area contributed by atoms with Crippen LogP contribution >= 0.6 is 0 Å². The molecule has 2 N–H and O–H groups in total. The van der Waals surface area contributed by atoms with E-state index in [2.05, 4.69) is 47.8 Å². The normalized spacial score (nSPS) is 14.7. The van der Waals surface area contributed by atoms with E-state index in [0.717, 1.165) is 25.2 Å². The minimum absolute atomic E-state index is 0.224. The Morgan fingerprint density at radius 3 is 2.73 bits per heavy atom. The molecule has 0 unspecified atom stereocenters. The lowest BCUT2D eigenvalue weighted by atomic mass is 10.0. The largest absolute Gasteiger partial charge is 0.483 e. The van der Waals surface area contributed by atoms with Gasteiger partial charge in [-0.05, 0) is 66.5 Å². The first-order chi connectivity index (χ1) is 18.1. The lowest BCUT2D eigenvalue weighted by Crippen LogP contribution is -2.39. The number of aliphatic carboxylic acids is 1. The highest BCUT2D eigenvalue weighted by Gasteiger charge is 2.29. The van der Waals surface area contributed by atoms with Crippen molar-refractivity contribution in [1.29, 1.82) is 0 Å². The van der Waals surface area contributed by atoms with Gasteiger partial charge in [-0.15, -0.1) is 0 Å². The van der Waals surface area contributed by atoms with Gasteiger partial charge in [0.15, 0.2) is 18.2 Å². The molecule has 0 aromatic heterocycles. The molecule has 0 bridgehead atoms. The number of para-hydroxylation sites is 1. The van der Waals surface area contributed by atoms with Crippen molar-refractivity contribution in [2.45, 2.75) is 18.9 Å². The van der Waals surface area contributed by atoms with Crippen molar-refractivity contribution in [3.8, 4) is 11.5 Å². The molecular formula is C30H29FN2O4. The number of carbonyl (C=O) groups is 1. The number of benzene rings is 4. The molecule has 190 valence electrons. The Balaban J connectivity index is 1.23. The molecule has 6 nitrogen and oxygen atoms in total. The van der Waals surface area contributed by atoms with E-state index in [1.54, 1.807) is 24.3 Å². The summed E-state index contributed by atoms with van der Waals surface area (Å²) in [7, 11) is 0. The Morgan fingerprint density at radius 2 is 1.84 bits per heavy atom. The van der Waals surface area contributed by atoms with Gasteiger partial charge in [0.2, 0.25) is 0 Å². The third-order valence-corrected chi connectivity index (χ3v) is 6.49. The van der Waals surface area contributed by atoms with Gasteiger partial charge in [-0.25, -0.2) is 9.18 Å². The third-order valence-electron chi connectivity index (χ3n) is 6.49. The predicted molar refractivity (Wildman–Crippen MR) is 143 cm³/mol. The minimum Gasteiger partial charge on any atom is -0.483 e. The average Bonchev–Trinajstić information content (AvgIpc) is 2.92. The van der Waals surface area contributed by atoms with Crippen molar-refractivity contribution >= 4 is 28.1 Å². The first-order valence-electron chi connectivity index (χ1n) is 12.4. The fourth-order valence-corrected chi connectivity index (χ4v) is 4.74. The van der Waals surface area contributed by atoms with Gasteiger partial charge in [-0.3, -0.25) is 0 Å². The molecular weight excluding hydrogens is 471 g/mol. The van der Waals surface area contributed by atoms with Crippen LogP contribution in [0, 0.1) is 5.82 Å². The van der Waals surface area contributed by atoms with Crippen molar-refractivity contribution in [2.75, 3.05) is 31.1 Å². The summed E-state index contributed by atoms with van der Waals surface area (Å²) in [5, 5.41) is 15.0. The fraction of sp³-hybridized carbons (Fsp3) is 0.233. The smallest absolute Gasteiger partial charge is 0.341 e. The number of carboxylic acids is 1. The molecule has 1 atom stereocenters. The Morgan fingerprint density at radius 1 is 1.03 bits per heavy atom. The molecule has 0 radical (unpaired) electrons. The summed E-state index contributed by atoms with van der Waals surface area (Å²) >= 11 is 0. The first-order valence-corrected chi connectivity index (χ1v) is 12.4. The van der Waals surface area contributed by atoms with E-state index >= 15 is 0 Å². The summed E-state index contributed by atoms with van der Waals surface area (Å²) in [6, 6.07) is 26.8. The van der Waals surface area contributed by atoms with Crippen molar-refractivity contribution in [1.82, 2.24) is 5.32 Å². The van der Waals surface area contributed by atoms with Gasteiger partial charge in [-0.2, -0.15) is 0 Å². The lowest BCUT2D eigenvalue weighted by Gasteiger charge is -2.36. The van der Waals surface area contributed by atoms with Crippen LogP contribution in [0.3, 0.4) is 0 Å². The van der Waals surface area contributed by atoms with Crippen LogP contribution in [0.25, 0.3) is 10.8 Å². The molecule has 37 heavy (non-hydrogen) atoms. The topological polar surface area (TPSA) is 71.0 Å². The van der Waals surface area contributed by atoms with Gasteiger partial charge in [-0.1, -0.05) is 54.6 Å². The molecule has 1 heterocycles. The Hall–Kier alpha value is -4.10. The summed E-state index contributed by atoms with van der Waals surface area (Å²) in [6.45, 7) is 1.67. The SMILES string of the molecule is O=C(O)COc1cccc(N2C[C@@H](CCNCCc3cccc4ccccc34)Oc3c(F)cccc32)c1. The highest BCUT2D eigenvalue weighted by Crippen LogP contribution is 2.41. The number of hydrogen-bond donors (Lipinski definition) is 2. The summed E-state index contributed by atoms with van der Waals surface area (Å²) in [6.07, 6.45) is 1.40. The van der Waals surface area contributed by atoms with Gasteiger partial charge in [0, 0.05) is 11.8 Å². The number of nitrogens with one attached hydrogen (secondary N) is 1. The molecule has 4 aromatic carbocycles. The fourth-order valence-electron chi connectivity index (χ4n) is 4.74. The van der Waals surface area contributed by atoms with Crippen LogP contribution in [-0.2, 0) is 11.2 Å². The lowest BCUT2D eigenvalue weighted by molar-refractivity contribution is -0.139. The summed E-state index contributed by atoms with van der Waals surface area (Å²) < 4.78 is 26.2. The highest BCUT2D eigenvalue weighted by atomic mass is 19.1. The summed E-state index contributed by atoms with van der Waals surface area (Å²) in [4.78, 5) is 12.9. The number of halogens is 1. The average molecular weight is 501 g/mol. The van der Waals surface area contributed by atoms with E-state index in [-0.39, 0.29) is 11.9 Å². The molecule has 7 heteroatoms. The molecule has 0 spiro atoms. The van der Waals surface area contributed by atoms with E-state index in [1.807, 2.05) is 17.0 Å². The monoisotopic (exact) mass is 500 g/mol. The maximum atomic E-state index is 14.7.